The number of carbonyl (C=O) groups is 1. The van der Waals surface area contributed by atoms with Crippen LogP contribution in [0.5, 0.6) is 17.5 Å². The van der Waals surface area contributed by atoms with E-state index in [0.29, 0.717) is 30.5 Å². The summed E-state index contributed by atoms with van der Waals surface area (Å²) >= 11 is 0. The van der Waals surface area contributed by atoms with E-state index in [2.05, 4.69) is 15.1 Å². The smallest absolute Gasteiger partial charge is 0.278 e. The fraction of sp³-hybridized carbons (Fsp3) is 0.364. The Hall–Kier alpha value is -3.62. The lowest BCUT2D eigenvalue weighted by Gasteiger charge is -2.32. The fourth-order valence-corrected chi connectivity index (χ4v) is 3.66. The SMILES string of the molecule is COc1cccc(-c2cc(C(=O)N3CCCC(Oc4nccnc4OC)C3)n(C)n2)c1. The predicted molar refractivity (Wildman–Crippen MR) is 113 cm³/mol. The van der Waals surface area contributed by atoms with E-state index in [1.54, 1.807) is 36.1 Å². The maximum atomic E-state index is 13.2. The van der Waals surface area contributed by atoms with E-state index in [1.165, 1.54) is 7.11 Å². The number of aromatic nitrogens is 4. The van der Waals surface area contributed by atoms with E-state index in [0.717, 1.165) is 29.8 Å². The van der Waals surface area contributed by atoms with Crippen LogP contribution in [0.2, 0.25) is 0 Å². The Labute approximate surface area is 180 Å². The van der Waals surface area contributed by atoms with Crippen LogP contribution in [-0.2, 0) is 7.05 Å². The summed E-state index contributed by atoms with van der Waals surface area (Å²) < 4.78 is 18.1. The molecule has 9 heteroatoms. The zero-order valence-electron chi connectivity index (χ0n) is 17.8. The zero-order valence-corrected chi connectivity index (χ0v) is 17.8. The maximum Gasteiger partial charge on any atom is 0.278 e. The first-order valence-corrected chi connectivity index (χ1v) is 10.1. The van der Waals surface area contributed by atoms with Crippen molar-refractivity contribution in [3.63, 3.8) is 0 Å². The van der Waals surface area contributed by atoms with Crippen molar-refractivity contribution in [3.05, 3.63) is 48.4 Å². The molecule has 1 aromatic carbocycles. The molecule has 1 aliphatic rings. The fourth-order valence-electron chi connectivity index (χ4n) is 3.66. The van der Waals surface area contributed by atoms with Crippen LogP contribution < -0.4 is 14.2 Å². The third-order valence-corrected chi connectivity index (χ3v) is 5.23. The molecule has 0 aliphatic carbocycles. The van der Waals surface area contributed by atoms with Crippen LogP contribution in [0.25, 0.3) is 11.3 Å². The first-order chi connectivity index (χ1) is 15.1. The average molecular weight is 423 g/mol. The largest absolute Gasteiger partial charge is 0.497 e. The van der Waals surface area contributed by atoms with E-state index in [4.69, 9.17) is 14.2 Å². The zero-order chi connectivity index (χ0) is 21.8. The Morgan fingerprint density at radius 3 is 2.68 bits per heavy atom. The van der Waals surface area contributed by atoms with E-state index < -0.39 is 0 Å². The molecular weight excluding hydrogens is 398 g/mol. The predicted octanol–water partition coefficient (Wildman–Crippen LogP) is 2.58. The maximum absolute atomic E-state index is 13.2. The van der Waals surface area contributed by atoms with Crippen molar-refractivity contribution in [1.29, 1.82) is 0 Å². The Morgan fingerprint density at radius 1 is 1.10 bits per heavy atom. The Kier molecular flexibility index (Phi) is 6.01. The molecule has 3 aromatic rings. The van der Waals surface area contributed by atoms with Gasteiger partial charge in [-0.05, 0) is 31.0 Å². The second-order valence-corrected chi connectivity index (χ2v) is 7.27. The van der Waals surface area contributed by atoms with Crippen LogP contribution in [0, 0.1) is 0 Å². The number of rotatable bonds is 6. The molecule has 31 heavy (non-hydrogen) atoms. The van der Waals surface area contributed by atoms with Crippen LogP contribution in [0.15, 0.2) is 42.7 Å². The highest BCUT2D eigenvalue weighted by molar-refractivity contribution is 5.93. The van der Waals surface area contributed by atoms with Crippen molar-refractivity contribution >= 4 is 5.91 Å². The summed E-state index contributed by atoms with van der Waals surface area (Å²) in [5, 5.41) is 4.53. The van der Waals surface area contributed by atoms with Gasteiger partial charge in [-0.25, -0.2) is 9.97 Å². The van der Waals surface area contributed by atoms with Crippen molar-refractivity contribution in [2.75, 3.05) is 27.3 Å². The van der Waals surface area contributed by atoms with Crippen molar-refractivity contribution in [2.45, 2.75) is 18.9 Å². The molecule has 0 spiro atoms. The molecule has 1 aliphatic heterocycles. The van der Waals surface area contributed by atoms with Gasteiger partial charge in [-0.2, -0.15) is 5.10 Å². The molecule has 9 nitrogen and oxygen atoms in total. The van der Waals surface area contributed by atoms with Gasteiger partial charge in [-0.15, -0.1) is 0 Å². The topological polar surface area (TPSA) is 91.6 Å². The molecule has 1 fully saturated rings. The highest BCUT2D eigenvalue weighted by Crippen LogP contribution is 2.26. The molecule has 1 amide bonds. The van der Waals surface area contributed by atoms with Gasteiger partial charge in [0.05, 0.1) is 26.5 Å². The highest BCUT2D eigenvalue weighted by atomic mass is 16.5. The quantitative estimate of drug-likeness (QED) is 0.602. The van der Waals surface area contributed by atoms with Gasteiger partial charge >= 0.3 is 0 Å². The van der Waals surface area contributed by atoms with Gasteiger partial charge in [-0.1, -0.05) is 12.1 Å². The normalized spacial score (nSPS) is 16.1. The van der Waals surface area contributed by atoms with Gasteiger partial charge in [0.15, 0.2) is 0 Å². The lowest BCUT2D eigenvalue weighted by Crippen LogP contribution is -2.45. The summed E-state index contributed by atoms with van der Waals surface area (Å²) in [6, 6.07) is 9.43. The van der Waals surface area contributed by atoms with Gasteiger partial charge in [-0.3, -0.25) is 9.48 Å². The molecule has 3 heterocycles. The summed E-state index contributed by atoms with van der Waals surface area (Å²) in [6.07, 6.45) is 4.57. The van der Waals surface area contributed by atoms with E-state index in [-0.39, 0.29) is 12.0 Å². The standard InChI is InChI=1S/C22H25N5O4/c1-26-19(13-18(25-26)15-6-4-7-16(12-15)29-2)22(28)27-11-5-8-17(14-27)31-21-20(30-3)23-9-10-24-21/h4,6-7,9-10,12-13,17H,5,8,11,14H2,1-3H3. The minimum atomic E-state index is -0.186. The van der Waals surface area contributed by atoms with Gasteiger partial charge in [0, 0.05) is 31.5 Å². The minimum Gasteiger partial charge on any atom is -0.497 e. The summed E-state index contributed by atoms with van der Waals surface area (Å²) in [6.45, 7) is 1.12. The molecule has 2 aromatic heterocycles. The molecule has 1 atom stereocenters. The van der Waals surface area contributed by atoms with Gasteiger partial charge in [0.1, 0.15) is 17.5 Å². The summed E-state index contributed by atoms with van der Waals surface area (Å²) in [4.78, 5) is 23.3. The third-order valence-electron chi connectivity index (χ3n) is 5.23. The van der Waals surface area contributed by atoms with Crippen molar-refractivity contribution in [1.82, 2.24) is 24.6 Å². The summed E-state index contributed by atoms with van der Waals surface area (Å²) in [5.41, 5.74) is 2.14. The van der Waals surface area contributed by atoms with Crippen LogP contribution in [0.3, 0.4) is 0 Å². The molecule has 1 unspecified atom stereocenters. The Balaban J connectivity index is 1.49. The number of benzene rings is 1. The Morgan fingerprint density at radius 2 is 1.90 bits per heavy atom. The summed E-state index contributed by atoms with van der Waals surface area (Å²) in [7, 11) is 4.92. The number of nitrogens with zero attached hydrogens (tertiary/aromatic N) is 5. The number of amides is 1. The first kappa shape index (κ1) is 20.6. The first-order valence-electron chi connectivity index (χ1n) is 10.1. The Bertz CT molecular complexity index is 1070. The van der Waals surface area contributed by atoms with E-state index in [1.807, 2.05) is 30.3 Å². The monoisotopic (exact) mass is 423 g/mol. The molecule has 4 rings (SSSR count). The number of hydrogen-bond acceptors (Lipinski definition) is 7. The number of aryl methyl sites for hydroxylation is 1. The van der Waals surface area contributed by atoms with Gasteiger partial charge < -0.3 is 19.1 Å². The van der Waals surface area contributed by atoms with Gasteiger partial charge in [0.25, 0.3) is 17.7 Å². The van der Waals surface area contributed by atoms with Crippen LogP contribution in [0.4, 0.5) is 0 Å². The van der Waals surface area contributed by atoms with Gasteiger partial charge in [0.2, 0.25) is 0 Å². The second kappa shape index (κ2) is 9.03. The highest BCUT2D eigenvalue weighted by Gasteiger charge is 2.28. The molecule has 162 valence electrons. The third kappa shape index (κ3) is 4.45. The summed E-state index contributed by atoms with van der Waals surface area (Å²) in [5.74, 6) is 1.33. The molecular formula is C22H25N5O4. The molecule has 0 radical (unpaired) electrons. The number of piperidine rings is 1. The number of hydrogen-bond donors (Lipinski definition) is 0. The second-order valence-electron chi connectivity index (χ2n) is 7.27. The average Bonchev–Trinajstić information content (AvgIpc) is 3.20. The van der Waals surface area contributed by atoms with Crippen molar-refractivity contribution < 1.29 is 19.0 Å². The molecule has 1 saturated heterocycles. The number of ether oxygens (including phenoxy) is 3. The molecule has 0 saturated carbocycles. The van der Waals surface area contributed by atoms with E-state index in [9.17, 15) is 4.79 Å². The lowest BCUT2D eigenvalue weighted by atomic mass is 10.1. The van der Waals surface area contributed by atoms with E-state index >= 15 is 0 Å². The van der Waals surface area contributed by atoms with Crippen LogP contribution in [-0.4, -0.2) is 64.0 Å². The van der Waals surface area contributed by atoms with Crippen LogP contribution in [0.1, 0.15) is 23.3 Å². The minimum absolute atomic E-state index is 0.0800. The number of methoxy groups -OCH3 is 2. The molecule has 0 bridgehead atoms. The number of likely N-dealkylation sites (tertiary alicyclic amines) is 1. The lowest BCUT2D eigenvalue weighted by molar-refractivity contribution is 0.0510. The van der Waals surface area contributed by atoms with Crippen molar-refractivity contribution in [3.8, 4) is 28.8 Å². The molecule has 0 N–H and O–H groups in total. The van der Waals surface area contributed by atoms with Crippen LogP contribution >= 0.6 is 0 Å². The number of carbonyl (C=O) groups excluding carboxylic acids is 1. The van der Waals surface area contributed by atoms with Crippen molar-refractivity contribution in [2.24, 2.45) is 7.05 Å².